The van der Waals surface area contributed by atoms with Crippen LogP contribution in [0.1, 0.15) is 23.2 Å². The summed E-state index contributed by atoms with van der Waals surface area (Å²) in [6.45, 7) is 8.52. The van der Waals surface area contributed by atoms with Crippen molar-refractivity contribution in [3.8, 4) is 17.1 Å². The van der Waals surface area contributed by atoms with Crippen LogP contribution in [0.15, 0.2) is 51.9 Å². The molecule has 4 rings (SSSR count). The molecular weight excluding hydrogens is 466 g/mol. The van der Waals surface area contributed by atoms with E-state index >= 15 is 0 Å². The second-order valence-electron chi connectivity index (χ2n) is 8.92. The smallest absolute Gasteiger partial charge is 0.223 e. The molecule has 1 saturated heterocycles. The van der Waals surface area contributed by atoms with Crippen molar-refractivity contribution in [3.05, 3.63) is 59.3 Å². The van der Waals surface area contributed by atoms with Gasteiger partial charge in [0.05, 0.1) is 18.6 Å². The van der Waals surface area contributed by atoms with Gasteiger partial charge in [0.2, 0.25) is 5.91 Å². The van der Waals surface area contributed by atoms with Crippen LogP contribution in [-0.4, -0.2) is 63.4 Å². The molecule has 186 valence electrons. The fraction of sp³-hybridized carbons (Fsp3) is 0.385. The number of ether oxygens (including phenoxy) is 1. The van der Waals surface area contributed by atoms with E-state index in [1.807, 2.05) is 0 Å². The predicted octanol–water partition coefficient (Wildman–Crippen LogP) is 3.79. The predicted molar refractivity (Wildman–Crippen MR) is 135 cm³/mol. The molecular formula is C26H31N3O5S. The number of benzene rings is 2. The van der Waals surface area contributed by atoms with Crippen LogP contribution < -0.4 is 9.64 Å². The summed E-state index contributed by atoms with van der Waals surface area (Å²) in [7, 11) is -2.35. The Hall–Kier alpha value is -3.33. The number of aromatic nitrogens is 1. The Morgan fingerprint density at radius 3 is 2.43 bits per heavy atom. The molecule has 35 heavy (non-hydrogen) atoms. The van der Waals surface area contributed by atoms with Gasteiger partial charge in [-0.25, -0.2) is 8.42 Å². The highest BCUT2D eigenvalue weighted by atomic mass is 32.2. The molecule has 1 aliphatic rings. The summed E-state index contributed by atoms with van der Waals surface area (Å²) in [5, 5.41) is 3.86. The van der Waals surface area contributed by atoms with Crippen LogP contribution in [0.3, 0.4) is 0 Å². The van der Waals surface area contributed by atoms with Gasteiger partial charge in [-0.3, -0.25) is 4.79 Å². The first-order valence-corrected chi connectivity index (χ1v) is 13.3. The van der Waals surface area contributed by atoms with Crippen LogP contribution >= 0.6 is 0 Å². The molecule has 0 bridgehead atoms. The molecule has 8 nitrogen and oxygen atoms in total. The summed E-state index contributed by atoms with van der Waals surface area (Å²) in [6, 6.07) is 12.9. The molecule has 3 aromatic rings. The molecule has 0 aliphatic carbocycles. The van der Waals surface area contributed by atoms with Gasteiger partial charge in [-0.2, -0.15) is 0 Å². The summed E-state index contributed by atoms with van der Waals surface area (Å²) in [5.74, 6) is 0.257. The third-order valence-corrected chi connectivity index (χ3v) is 8.06. The molecule has 0 radical (unpaired) electrons. The first-order chi connectivity index (χ1) is 16.7. The highest BCUT2D eigenvalue weighted by Gasteiger charge is 2.26. The highest BCUT2D eigenvalue weighted by molar-refractivity contribution is 7.91. The molecule has 2 aromatic carbocycles. The normalized spacial score (nSPS) is 14.3. The Labute approximate surface area is 206 Å². The zero-order valence-corrected chi connectivity index (χ0v) is 21.4. The number of methoxy groups -OCH3 is 1. The van der Waals surface area contributed by atoms with Crippen molar-refractivity contribution in [2.75, 3.05) is 43.9 Å². The third kappa shape index (κ3) is 5.51. The van der Waals surface area contributed by atoms with E-state index in [-0.39, 0.29) is 28.7 Å². The lowest BCUT2D eigenvalue weighted by Crippen LogP contribution is -2.49. The number of hydrogen-bond acceptors (Lipinski definition) is 7. The molecule has 0 saturated carbocycles. The Bertz CT molecular complexity index is 1320. The van der Waals surface area contributed by atoms with Crippen LogP contribution in [0.5, 0.6) is 5.75 Å². The van der Waals surface area contributed by atoms with Crippen molar-refractivity contribution in [2.45, 2.75) is 32.1 Å². The molecule has 1 aromatic heterocycles. The Kier molecular flexibility index (Phi) is 7.16. The zero-order valence-electron chi connectivity index (χ0n) is 20.6. The lowest BCUT2D eigenvalue weighted by molar-refractivity contribution is -0.131. The maximum absolute atomic E-state index is 13.2. The van der Waals surface area contributed by atoms with E-state index in [0.29, 0.717) is 30.1 Å². The SMILES string of the molecule is COc1ccc(-c2cc(C)no2)cc1S(=O)(=O)CCC(=O)N1CCN(c2cc(C)ccc2C)CC1. The number of amides is 1. The van der Waals surface area contributed by atoms with Crippen LogP contribution in [0.25, 0.3) is 11.3 Å². The molecule has 0 unspecified atom stereocenters. The first kappa shape index (κ1) is 24.8. The summed E-state index contributed by atoms with van der Waals surface area (Å²) < 4.78 is 36.9. The summed E-state index contributed by atoms with van der Waals surface area (Å²) >= 11 is 0. The van der Waals surface area contributed by atoms with E-state index in [9.17, 15) is 13.2 Å². The summed E-state index contributed by atoms with van der Waals surface area (Å²) in [6.07, 6.45) is -0.0827. The summed E-state index contributed by atoms with van der Waals surface area (Å²) in [5.41, 5.74) is 4.88. The quantitative estimate of drug-likeness (QED) is 0.490. The first-order valence-electron chi connectivity index (χ1n) is 11.6. The third-order valence-electron chi connectivity index (χ3n) is 6.33. The highest BCUT2D eigenvalue weighted by Crippen LogP contribution is 2.31. The van der Waals surface area contributed by atoms with Crippen molar-refractivity contribution in [1.82, 2.24) is 10.1 Å². The van der Waals surface area contributed by atoms with E-state index in [1.54, 1.807) is 30.0 Å². The molecule has 1 aliphatic heterocycles. The van der Waals surface area contributed by atoms with Crippen LogP contribution in [-0.2, 0) is 14.6 Å². The number of anilines is 1. The maximum atomic E-state index is 13.2. The fourth-order valence-electron chi connectivity index (χ4n) is 4.32. The van der Waals surface area contributed by atoms with Crippen LogP contribution in [0.4, 0.5) is 5.69 Å². The van der Waals surface area contributed by atoms with Gasteiger partial charge in [0.15, 0.2) is 15.6 Å². The number of rotatable bonds is 7. The van der Waals surface area contributed by atoms with E-state index in [4.69, 9.17) is 9.26 Å². The number of hydrogen-bond donors (Lipinski definition) is 0. The second-order valence-corrected chi connectivity index (χ2v) is 11.0. The van der Waals surface area contributed by atoms with Gasteiger partial charge in [0, 0.05) is 49.9 Å². The second kappa shape index (κ2) is 10.1. The van der Waals surface area contributed by atoms with Gasteiger partial charge in [-0.15, -0.1) is 0 Å². The number of sulfone groups is 1. The monoisotopic (exact) mass is 497 g/mol. The topological polar surface area (TPSA) is 92.9 Å². The molecule has 2 heterocycles. The van der Waals surface area contributed by atoms with Crippen molar-refractivity contribution in [1.29, 1.82) is 0 Å². The van der Waals surface area contributed by atoms with Crippen molar-refractivity contribution < 1.29 is 22.5 Å². The van der Waals surface area contributed by atoms with Gasteiger partial charge >= 0.3 is 0 Å². The van der Waals surface area contributed by atoms with Gasteiger partial charge in [-0.1, -0.05) is 17.3 Å². The number of piperazine rings is 1. The Morgan fingerprint density at radius 2 is 1.77 bits per heavy atom. The van der Waals surface area contributed by atoms with Crippen molar-refractivity contribution >= 4 is 21.4 Å². The minimum atomic E-state index is -3.77. The van der Waals surface area contributed by atoms with E-state index in [1.165, 1.54) is 30.0 Å². The Morgan fingerprint density at radius 1 is 1.03 bits per heavy atom. The molecule has 0 spiro atoms. The number of nitrogens with zero attached hydrogens (tertiary/aromatic N) is 3. The van der Waals surface area contributed by atoms with E-state index in [2.05, 4.69) is 42.1 Å². The maximum Gasteiger partial charge on any atom is 0.223 e. The van der Waals surface area contributed by atoms with Crippen molar-refractivity contribution in [3.63, 3.8) is 0 Å². The Balaban J connectivity index is 1.41. The molecule has 1 fully saturated rings. The van der Waals surface area contributed by atoms with Gasteiger partial charge < -0.3 is 19.1 Å². The van der Waals surface area contributed by atoms with E-state index in [0.717, 1.165) is 13.1 Å². The molecule has 1 amide bonds. The zero-order chi connectivity index (χ0) is 25.2. The number of aryl methyl sites for hydroxylation is 3. The van der Waals surface area contributed by atoms with Gasteiger partial charge in [-0.05, 0) is 56.2 Å². The number of carbonyl (C=O) groups excluding carboxylic acids is 1. The molecule has 0 N–H and O–H groups in total. The molecule has 0 atom stereocenters. The van der Waals surface area contributed by atoms with Crippen molar-refractivity contribution in [2.24, 2.45) is 0 Å². The lowest BCUT2D eigenvalue weighted by Gasteiger charge is -2.37. The average molecular weight is 498 g/mol. The largest absolute Gasteiger partial charge is 0.495 e. The van der Waals surface area contributed by atoms with Gasteiger partial charge in [0.1, 0.15) is 10.6 Å². The van der Waals surface area contributed by atoms with Crippen LogP contribution in [0, 0.1) is 20.8 Å². The minimum absolute atomic E-state index is 0.0408. The average Bonchev–Trinajstić information content (AvgIpc) is 3.30. The van der Waals surface area contributed by atoms with Gasteiger partial charge in [0.25, 0.3) is 0 Å². The standard InChI is InChI=1S/C26H31N3O5S/c1-18-5-6-19(2)22(15-18)28-10-12-29(13-11-28)26(30)9-14-35(31,32)25-17-21(7-8-23(25)33-4)24-16-20(3)27-34-24/h5-8,15-17H,9-14H2,1-4H3. The van der Waals surface area contributed by atoms with E-state index < -0.39 is 9.84 Å². The lowest BCUT2D eigenvalue weighted by atomic mass is 10.1. The fourth-order valence-corrected chi connectivity index (χ4v) is 5.75. The number of carbonyl (C=O) groups is 1. The molecule has 9 heteroatoms. The summed E-state index contributed by atoms with van der Waals surface area (Å²) in [4.78, 5) is 16.9. The minimum Gasteiger partial charge on any atom is -0.495 e. The van der Waals surface area contributed by atoms with Crippen LogP contribution in [0.2, 0.25) is 0 Å².